The number of methoxy groups -OCH3 is 1. The molecule has 3 rings (SSSR count). The smallest absolute Gasteiger partial charge is 0.225 e. The Labute approximate surface area is 156 Å². The minimum Gasteiger partial charge on any atom is -0.497 e. The fourth-order valence-electron chi connectivity index (χ4n) is 3.84. The molecule has 2 heterocycles. The lowest BCUT2D eigenvalue weighted by molar-refractivity contribution is -0.138. The topological polar surface area (TPSA) is 36.0 Å². The van der Waals surface area contributed by atoms with Crippen LogP contribution in [-0.4, -0.2) is 73.5 Å². The molecule has 0 bridgehead atoms. The van der Waals surface area contributed by atoms with Crippen molar-refractivity contribution in [3.8, 4) is 18.1 Å². The van der Waals surface area contributed by atoms with Gasteiger partial charge in [0.1, 0.15) is 5.75 Å². The average molecular weight is 355 g/mol. The molecule has 0 unspecified atom stereocenters. The standard InChI is InChI=1S/C21H29N3O2/c1-3-10-22-11-8-19(9-12-22)21(25)24-15-13-23(14-16-24)17-18-4-6-20(26-2)7-5-18/h1,4-7,19H,8-17H2,2H3. The number of piperidine rings is 1. The second-order valence-electron chi connectivity index (χ2n) is 7.20. The van der Waals surface area contributed by atoms with E-state index in [9.17, 15) is 4.79 Å². The second-order valence-corrected chi connectivity index (χ2v) is 7.20. The largest absolute Gasteiger partial charge is 0.497 e. The number of rotatable bonds is 5. The number of amides is 1. The molecule has 0 aromatic heterocycles. The molecule has 0 aliphatic carbocycles. The van der Waals surface area contributed by atoms with Crippen molar-refractivity contribution in [2.45, 2.75) is 19.4 Å². The molecule has 1 amide bonds. The van der Waals surface area contributed by atoms with E-state index in [4.69, 9.17) is 11.2 Å². The first-order valence-electron chi connectivity index (χ1n) is 9.49. The third-order valence-electron chi connectivity index (χ3n) is 5.50. The van der Waals surface area contributed by atoms with Gasteiger partial charge in [0.05, 0.1) is 13.7 Å². The van der Waals surface area contributed by atoms with Crippen LogP contribution in [-0.2, 0) is 11.3 Å². The van der Waals surface area contributed by atoms with E-state index in [1.54, 1.807) is 7.11 Å². The summed E-state index contributed by atoms with van der Waals surface area (Å²) in [6.45, 7) is 7.05. The summed E-state index contributed by atoms with van der Waals surface area (Å²) in [6.07, 6.45) is 7.25. The van der Waals surface area contributed by atoms with Gasteiger partial charge in [-0.25, -0.2) is 0 Å². The lowest BCUT2D eigenvalue weighted by Gasteiger charge is -2.38. The number of terminal acetylenes is 1. The van der Waals surface area contributed by atoms with E-state index in [1.165, 1.54) is 5.56 Å². The summed E-state index contributed by atoms with van der Waals surface area (Å²) in [6, 6.07) is 8.23. The maximum Gasteiger partial charge on any atom is 0.225 e. The van der Waals surface area contributed by atoms with Crippen LogP contribution in [0, 0.1) is 18.3 Å². The molecule has 5 heteroatoms. The SMILES string of the molecule is C#CCN1CCC(C(=O)N2CCN(Cc3ccc(OC)cc3)CC2)CC1. The Kier molecular flexibility index (Phi) is 6.54. The first kappa shape index (κ1) is 18.8. The number of carbonyl (C=O) groups excluding carboxylic acids is 1. The third-order valence-corrected chi connectivity index (χ3v) is 5.50. The van der Waals surface area contributed by atoms with Gasteiger partial charge in [-0.3, -0.25) is 14.6 Å². The van der Waals surface area contributed by atoms with Gasteiger partial charge in [0.25, 0.3) is 0 Å². The van der Waals surface area contributed by atoms with Crippen molar-refractivity contribution >= 4 is 5.91 Å². The molecule has 0 N–H and O–H groups in total. The number of hydrogen-bond donors (Lipinski definition) is 0. The number of hydrogen-bond acceptors (Lipinski definition) is 4. The van der Waals surface area contributed by atoms with Gasteiger partial charge in [-0.2, -0.15) is 0 Å². The van der Waals surface area contributed by atoms with E-state index in [1.807, 2.05) is 12.1 Å². The zero-order chi connectivity index (χ0) is 18.4. The highest BCUT2D eigenvalue weighted by Gasteiger charge is 2.30. The van der Waals surface area contributed by atoms with Gasteiger partial charge in [0, 0.05) is 38.6 Å². The molecule has 26 heavy (non-hydrogen) atoms. The van der Waals surface area contributed by atoms with Crippen LogP contribution in [0.3, 0.4) is 0 Å². The highest BCUT2D eigenvalue weighted by molar-refractivity contribution is 5.79. The first-order valence-corrected chi connectivity index (χ1v) is 9.49. The van der Waals surface area contributed by atoms with Gasteiger partial charge in [-0.15, -0.1) is 6.42 Å². The Morgan fingerprint density at radius 2 is 1.73 bits per heavy atom. The molecule has 0 spiro atoms. The molecule has 1 aromatic rings. The fourth-order valence-corrected chi connectivity index (χ4v) is 3.84. The Morgan fingerprint density at radius 1 is 1.08 bits per heavy atom. The fraction of sp³-hybridized carbons (Fsp3) is 0.571. The maximum absolute atomic E-state index is 12.8. The zero-order valence-corrected chi connectivity index (χ0v) is 15.7. The minimum atomic E-state index is 0.178. The summed E-state index contributed by atoms with van der Waals surface area (Å²) in [5.74, 6) is 4.10. The van der Waals surface area contributed by atoms with Gasteiger partial charge in [-0.05, 0) is 43.6 Å². The number of benzene rings is 1. The van der Waals surface area contributed by atoms with Crippen molar-refractivity contribution < 1.29 is 9.53 Å². The van der Waals surface area contributed by atoms with Crippen molar-refractivity contribution in [2.75, 3.05) is 52.9 Å². The normalized spacial score (nSPS) is 19.9. The van der Waals surface area contributed by atoms with Crippen LogP contribution in [0.15, 0.2) is 24.3 Å². The van der Waals surface area contributed by atoms with Crippen molar-refractivity contribution in [2.24, 2.45) is 5.92 Å². The van der Waals surface area contributed by atoms with Crippen LogP contribution < -0.4 is 4.74 Å². The lowest BCUT2D eigenvalue weighted by atomic mass is 9.95. The Bertz CT molecular complexity index is 622. The van der Waals surface area contributed by atoms with Gasteiger partial charge in [0.2, 0.25) is 5.91 Å². The first-order chi connectivity index (χ1) is 12.7. The van der Waals surface area contributed by atoms with Gasteiger partial charge in [-0.1, -0.05) is 18.1 Å². The minimum absolute atomic E-state index is 0.178. The lowest BCUT2D eigenvalue weighted by Crippen LogP contribution is -2.51. The van der Waals surface area contributed by atoms with E-state index >= 15 is 0 Å². The van der Waals surface area contributed by atoms with Crippen molar-refractivity contribution in [3.05, 3.63) is 29.8 Å². The molecule has 2 aliphatic heterocycles. The highest BCUT2D eigenvalue weighted by atomic mass is 16.5. The quantitative estimate of drug-likeness (QED) is 0.753. The Balaban J connectivity index is 1.43. The van der Waals surface area contributed by atoms with Crippen LogP contribution in [0.25, 0.3) is 0 Å². The van der Waals surface area contributed by atoms with Crippen LogP contribution in [0.2, 0.25) is 0 Å². The van der Waals surface area contributed by atoms with Gasteiger partial charge < -0.3 is 9.64 Å². The van der Waals surface area contributed by atoms with Crippen molar-refractivity contribution in [1.82, 2.24) is 14.7 Å². The monoisotopic (exact) mass is 355 g/mol. The number of nitrogens with zero attached hydrogens (tertiary/aromatic N) is 3. The predicted octanol–water partition coefficient (Wildman–Crippen LogP) is 1.68. The summed E-state index contributed by atoms with van der Waals surface area (Å²) in [5.41, 5.74) is 1.28. The van der Waals surface area contributed by atoms with E-state index in [-0.39, 0.29) is 5.92 Å². The molecule has 5 nitrogen and oxygen atoms in total. The van der Waals surface area contributed by atoms with Crippen LogP contribution in [0.1, 0.15) is 18.4 Å². The molecule has 2 saturated heterocycles. The Morgan fingerprint density at radius 3 is 2.31 bits per heavy atom. The molecule has 140 valence electrons. The zero-order valence-electron chi connectivity index (χ0n) is 15.7. The van der Waals surface area contributed by atoms with Crippen LogP contribution >= 0.6 is 0 Å². The van der Waals surface area contributed by atoms with E-state index in [0.29, 0.717) is 12.5 Å². The summed E-state index contributed by atoms with van der Waals surface area (Å²) in [4.78, 5) is 19.5. The molecular formula is C21H29N3O2. The van der Waals surface area contributed by atoms with E-state index < -0.39 is 0 Å². The third kappa shape index (κ3) is 4.78. The van der Waals surface area contributed by atoms with Gasteiger partial charge >= 0.3 is 0 Å². The number of ether oxygens (including phenoxy) is 1. The summed E-state index contributed by atoms with van der Waals surface area (Å²) in [5, 5.41) is 0. The van der Waals surface area contributed by atoms with Crippen LogP contribution in [0.4, 0.5) is 0 Å². The number of carbonyl (C=O) groups is 1. The molecule has 1 aromatic carbocycles. The van der Waals surface area contributed by atoms with E-state index in [0.717, 1.165) is 64.4 Å². The predicted molar refractivity (Wildman–Crippen MR) is 103 cm³/mol. The average Bonchev–Trinajstić information content (AvgIpc) is 2.69. The Hall–Kier alpha value is -2.03. The molecule has 0 radical (unpaired) electrons. The van der Waals surface area contributed by atoms with Crippen molar-refractivity contribution in [1.29, 1.82) is 0 Å². The molecule has 2 aliphatic rings. The number of likely N-dealkylation sites (tertiary alicyclic amines) is 1. The summed E-state index contributed by atoms with van der Waals surface area (Å²) >= 11 is 0. The van der Waals surface area contributed by atoms with Gasteiger partial charge in [0.15, 0.2) is 0 Å². The summed E-state index contributed by atoms with van der Waals surface area (Å²) < 4.78 is 5.21. The summed E-state index contributed by atoms with van der Waals surface area (Å²) in [7, 11) is 1.68. The molecule has 2 fully saturated rings. The second kappa shape index (κ2) is 9.07. The highest BCUT2D eigenvalue weighted by Crippen LogP contribution is 2.21. The van der Waals surface area contributed by atoms with Crippen LogP contribution in [0.5, 0.6) is 5.75 Å². The molecular weight excluding hydrogens is 326 g/mol. The molecule has 0 atom stereocenters. The van der Waals surface area contributed by atoms with Crippen molar-refractivity contribution in [3.63, 3.8) is 0 Å². The molecule has 0 saturated carbocycles. The maximum atomic E-state index is 12.8. The number of piperazine rings is 1. The van der Waals surface area contributed by atoms with E-state index in [2.05, 4.69) is 32.8 Å².